The third-order valence-electron chi connectivity index (χ3n) is 5.64. The summed E-state index contributed by atoms with van der Waals surface area (Å²) in [5, 5.41) is 0. The summed E-state index contributed by atoms with van der Waals surface area (Å²) in [5.74, 6) is -4.63. The number of carbonyl (C=O) groups excluding carboxylic acids is 4. The van der Waals surface area contributed by atoms with Gasteiger partial charge in [-0.05, 0) is 61.9 Å². The summed E-state index contributed by atoms with van der Waals surface area (Å²) in [6.45, 7) is 3.17. The van der Waals surface area contributed by atoms with Crippen LogP contribution in [0.5, 0.6) is 5.75 Å². The second-order valence-electron chi connectivity index (χ2n) is 8.05. The highest BCUT2D eigenvalue weighted by molar-refractivity contribution is 6.21. The van der Waals surface area contributed by atoms with Gasteiger partial charge < -0.3 is 9.47 Å². The van der Waals surface area contributed by atoms with Crippen LogP contribution in [0.15, 0.2) is 60.7 Å². The molecule has 184 valence electrons. The van der Waals surface area contributed by atoms with Crippen molar-refractivity contribution < 1.29 is 37.4 Å². The Bertz CT molecular complexity index is 1350. The summed E-state index contributed by atoms with van der Waals surface area (Å²) >= 11 is 0. The zero-order valence-corrected chi connectivity index (χ0v) is 19.4. The fourth-order valence-electron chi connectivity index (χ4n) is 3.84. The highest BCUT2D eigenvalue weighted by atomic mass is 19.2. The van der Waals surface area contributed by atoms with Crippen LogP contribution in [0.2, 0.25) is 0 Å². The summed E-state index contributed by atoms with van der Waals surface area (Å²) in [5.41, 5.74) is 0.893. The van der Waals surface area contributed by atoms with E-state index in [-0.39, 0.29) is 30.0 Å². The molecule has 4 rings (SSSR count). The van der Waals surface area contributed by atoms with Crippen LogP contribution in [0.3, 0.4) is 0 Å². The van der Waals surface area contributed by atoms with E-state index in [4.69, 9.17) is 9.47 Å². The fraction of sp³-hybridized carbons (Fsp3) is 0.185. The topological polar surface area (TPSA) is 90.0 Å². The van der Waals surface area contributed by atoms with Crippen LogP contribution in [0.25, 0.3) is 0 Å². The molecule has 3 aromatic rings. The zero-order valence-electron chi connectivity index (χ0n) is 19.4. The SMILES string of the molecule is CCOc1ccc(CN2C(=O)c3ccccc3C2=O)cc1C(=O)OC(C)C(=O)c1ccc(F)c(F)c1. The lowest BCUT2D eigenvalue weighted by Gasteiger charge is -2.17. The summed E-state index contributed by atoms with van der Waals surface area (Å²) in [6.07, 6.45) is -1.31. The van der Waals surface area contributed by atoms with E-state index in [1.54, 1.807) is 37.3 Å². The number of amides is 2. The Morgan fingerprint density at radius 3 is 2.19 bits per heavy atom. The molecular formula is C27H21F2NO6. The molecule has 1 atom stereocenters. The Hall–Kier alpha value is -4.40. The number of hydrogen-bond acceptors (Lipinski definition) is 6. The van der Waals surface area contributed by atoms with E-state index < -0.39 is 41.3 Å². The minimum atomic E-state index is -1.31. The monoisotopic (exact) mass is 493 g/mol. The first-order chi connectivity index (χ1) is 17.2. The average molecular weight is 493 g/mol. The van der Waals surface area contributed by atoms with Crippen molar-refractivity contribution in [2.45, 2.75) is 26.5 Å². The van der Waals surface area contributed by atoms with Gasteiger partial charge in [0.1, 0.15) is 11.3 Å². The lowest BCUT2D eigenvalue weighted by molar-refractivity contribution is 0.0315. The lowest BCUT2D eigenvalue weighted by Crippen LogP contribution is -2.29. The first kappa shape index (κ1) is 24.7. The van der Waals surface area contributed by atoms with Crippen LogP contribution in [0.4, 0.5) is 8.78 Å². The molecule has 0 aliphatic carbocycles. The molecule has 1 aliphatic heterocycles. The number of esters is 1. The maximum Gasteiger partial charge on any atom is 0.342 e. The van der Waals surface area contributed by atoms with Crippen LogP contribution in [0.1, 0.15) is 60.8 Å². The summed E-state index contributed by atoms with van der Waals surface area (Å²) in [7, 11) is 0. The molecule has 7 nitrogen and oxygen atoms in total. The number of ketones is 1. The average Bonchev–Trinajstić information content (AvgIpc) is 3.11. The number of nitrogens with zero attached hydrogens (tertiary/aromatic N) is 1. The van der Waals surface area contributed by atoms with Gasteiger partial charge in [0.2, 0.25) is 5.78 Å². The molecule has 1 unspecified atom stereocenters. The van der Waals surface area contributed by atoms with Crippen molar-refractivity contribution in [1.82, 2.24) is 4.90 Å². The minimum Gasteiger partial charge on any atom is -0.493 e. The Labute approximate surface area is 205 Å². The quantitative estimate of drug-likeness (QED) is 0.259. The number of hydrogen-bond donors (Lipinski definition) is 0. The number of rotatable bonds is 8. The number of carbonyl (C=O) groups is 4. The van der Waals surface area contributed by atoms with E-state index in [1.807, 2.05) is 0 Å². The van der Waals surface area contributed by atoms with Gasteiger partial charge in [-0.15, -0.1) is 0 Å². The van der Waals surface area contributed by atoms with Gasteiger partial charge in [0.25, 0.3) is 11.8 Å². The number of benzene rings is 3. The predicted molar refractivity (Wildman–Crippen MR) is 124 cm³/mol. The molecule has 3 aromatic carbocycles. The van der Waals surface area contributed by atoms with E-state index in [1.165, 1.54) is 19.1 Å². The van der Waals surface area contributed by atoms with Crippen molar-refractivity contribution in [2.24, 2.45) is 0 Å². The van der Waals surface area contributed by atoms with E-state index in [9.17, 15) is 28.0 Å². The number of ether oxygens (including phenoxy) is 2. The number of halogens is 2. The Kier molecular flexibility index (Phi) is 6.91. The largest absolute Gasteiger partial charge is 0.493 e. The molecule has 1 heterocycles. The van der Waals surface area contributed by atoms with Crippen LogP contribution in [0, 0.1) is 11.6 Å². The third kappa shape index (κ3) is 4.72. The second-order valence-corrected chi connectivity index (χ2v) is 8.05. The number of Topliss-reactive ketones (excluding diaryl/α,β-unsaturated/α-hetero) is 1. The molecule has 0 fully saturated rings. The Morgan fingerprint density at radius 2 is 1.58 bits per heavy atom. The standard InChI is InChI=1S/C27H21F2NO6/c1-3-35-23-11-8-16(14-30-25(32)18-6-4-5-7-19(18)26(30)33)12-20(23)27(34)36-15(2)24(31)17-9-10-21(28)22(29)13-17/h4-13,15H,3,14H2,1-2H3. The molecule has 0 saturated carbocycles. The zero-order chi connectivity index (χ0) is 26.0. The summed E-state index contributed by atoms with van der Waals surface area (Å²) in [6, 6.07) is 13.7. The smallest absolute Gasteiger partial charge is 0.342 e. The maximum absolute atomic E-state index is 13.5. The van der Waals surface area contributed by atoms with Crippen molar-refractivity contribution in [2.75, 3.05) is 6.61 Å². The van der Waals surface area contributed by atoms with Crippen LogP contribution < -0.4 is 4.74 Å². The van der Waals surface area contributed by atoms with Crippen LogP contribution in [-0.2, 0) is 11.3 Å². The first-order valence-corrected chi connectivity index (χ1v) is 11.1. The molecule has 0 N–H and O–H groups in total. The Morgan fingerprint density at radius 1 is 0.917 bits per heavy atom. The van der Waals surface area contributed by atoms with E-state index in [2.05, 4.69) is 0 Å². The van der Waals surface area contributed by atoms with E-state index in [0.717, 1.165) is 23.1 Å². The molecule has 2 amide bonds. The molecule has 36 heavy (non-hydrogen) atoms. The van der Waals surface area contributed by atoms with Gasteiger partial charge in [0.05, 0.1) is 24.3 Å². The van der Waals surface area contributed by atoms with E-state index in [0.29, 0.717) is 16.7 Å². The van der Waals surface area contributed by atoms with E-state index >= 15 is 0 Å². The summed E-state index contributed by atoms with van der Waals surface area (Å²) < 4.78 is 37.5. The molecule has 0 saturated heterocycles. The highest BCUT2D eigenvalue weighted by Gasteiger charge is 2.35. The van der Waals surface area contributed by atoms with Gasteiger partial charge in [-0.1, -0.05) is 18.2 Å². The van der Waals surface area contributed by atoms with Crippen molar-refractivity contribution in [1.29, 1.82) is 0 Å². The second kappa shape index (κ2) is 10.1. The number of fused-ring (bicyclic) bond motifs is 1. The third-order valence-corrected chi connectivity index (χ3v) is 5.64. The Balaban J connectivity index is 1.55. The normalized spacial score (nSPS) is 13.4. The first-order valence-electron chi connectivity index (χ1n) is 11.1. The highest BCUT2D eigenvalue weighted by Crippen LogP contribution is 2.27. The van der Waals surface area contributed by atoms with Gasteiger partial charge in [-0.3, -0.25) is 19.3 Å². The summed E-state index contributed by atoms with van der Waals surface area (Å²) in [4.78, 5) is 52.0. The van der Waals surface area contributed by atoms with Crippen molar-refractivity contribution in [3.8, 4) is 5.75 Å². The van der Waals surface area contributed by atoms with Crippen molar-refractivity contribution >= 4 is 23.6 Å². The molecule has 0 bridgehead atoms. The minimum absolute atomic E-state index is 0.0177. The van der Waals surface area contributed by atoms with Crippen molar-refractivity contribution in [3.63, 3.8) is 0 Å². The van der Waals surface area contributed by atoms with Gasteiger partial charge in [0.15, 0.2) is 17.7 Å². The van der Waals surface area contributed by atoms with Crippen LogP contribution >= 0.6 is 0 Å². The van der Waals surface area contributed by atoms with Crippen LogP contribution in [-0.4, -0.2) is 41.2 Å². The lowest BCUT2D eigenvalue weighted by atomic mass is 10.1. The van der Waals surface area contributed by atoms with Gasteiger partial charge >= 0.3 is 5.97 Å². The van der Waals surface area contributed by atoms with Crippen molar-refractivity contribution in [3.05, 3.63) is 100 Å². The molecule has 9 heteroatoms. The van der Waals surface area contributed by atoms with Gasteiger partial charge in [0, 0.05) is 5.56 Å². The predicted octanol–water partition coefficient (Wildman–Crippen LogP) is 4.59. The molecule has 0 radical (unpaired) electrons. The molecular weight excluding hydrogens is 472 g/mol. The molecule has 0 aromatic heterocycles. The van der Waals surface area contributed by atoms with Gasteiger partial charge in [-0.2, -0.15) is 0 Å². The van der Waals surface area contributed by atoms with Gasteiger partial charge in [-0.25, -0.2) is 13.6 Å². The number of imide groups is 1. The molecule has 1 aliphatic rings. The molecule has 0 spiro atoms. The maximum atomic E-state index is 13.5. The fourth-order valence-corrected chi connectivity index (χ4v) is 3.84.